The van der Waals surface area contributed by atoms with Gasteiger partial charge in [0.05, 0.1) is 5.41 Å². The Morgan fingerprint density at radius 1 is 1.04 bits per heavy atom. The number of benzene rings is 1. The number of hydrogen-bond acceptors (Lipinski definition) is 2. The molecule has 0 aromatic heterocycles. The van der Waals surface area contributed by atoms with Crippen molar-refractivity contribution >= 4 is 5.91 Å². The summed E-state index contributed by atoms with van der Waals surface area (Å²) in [6.45, 7) is 3.45. The van der Waals surface area contributed by atoms with E-state index in [0.717, 1.165) is 56.7 Å². The standard InChI is InChI=1S/C22H31FN2O/c23-19-8-6-18(7-9-19)22(12-3-13-22)21(26)24-20-10-14-25(15-11-20)16-17-4-1-2-5-17/h6-9,17,20H,1-5,10-16H2,(H,24,26). The number of carbonyl (C=O) groups is 1. The van der Waals surface area contributed by atoms with E-state index in [1.165, 1.54) is 44.4 Å². The minimum absolute atomic E-state index is 0.157. The third kappa shape index (κ3) is 3.66. The van der Waals surface area contributed by atoms with Crippen molar-refractivity contribution in [2.75, 3.05) is 19.6 Å². The third-order valence-corrected chi connectivity index (χ3v) is 6.95. The summed E-state index contributed by atoms with van der Waals surface area (Å²) in [5.74, 6) is 0.820. The SMILES string of the molecule is O=C(NC1CCN(CC2CCCC2)CC1)C1(c2ccc(F)cc2)CCC1. The number of halogens is 1. The van der Waals surface area contributed by atoms with Crippen LogP contribution >= 0.6 is 0 Å². The summed E-state index contributed by atoms with van der Waals surface area (Å²) in [6, 6.07) is 6.82. The van der Waals surface area contributed by atoms with Gasteiger partial charge in [0.25, 0.3) is 0 Å². The molecule has 1 aliphatic heterocycles. The van der Waals surface area contributed by atoms with Crippen LogP contribution in [0.2, 0.25) is 0 Å². The zero-order valence-electron chi connectivity index (χ0n) is 15.7. The van der Waals surface area contributed by atoms with Crippen LogP contribution in [0.1, 0.15) is 63.4 Å². The predicted molar refractivity (Wildman–Crippen MR) is 101 cm³/mol. The highest BCUT2D eigenvalue weighted by Crippen LogP contribution is 2.44. The van der Waals surface area contributed by atoms with E-state index in [2.05, 4.69) is 10.2 Å². The van der Waals surface area contributed by atoms with Gasteiger partial charge in [0.15, 0.2) is 0 Å². The summed E-state index contributed by atoms with van der Waals surface area (Å²) in [5.41, 5.74) is 0.552. The average molecular weight is 359 g/mol. The van der Waals surface area contributed by atoms with Gasteiger partial charge in [-0.05, 0) is 62.1 Å². The number of nitrogens with zero attached hydrogens (tertiary/aromatic N) is 1. The van der Waals surface area contributed by atoms with Gasteiger partial charge in [-0.15, -0.1) is 0 Å². The summed E-state index contributed by atoms with van der Waals surface area (Å²) >= 11 is 0. The second-order valence-corrected chi connectivity index (χ2v) is 8.64. The van der Waals surface area contributed by atoms with Gasteiger partial charge in [-0.2, -0.15) is 0 Å². The molecule has 26 heavy (non-hydrogen) atoms. The highest BCUT2D eigenvalue weighted by atomic mass is 19.1. The minimum atomic E-state index is -0.422. The van der Waals surface area contributed by atoms with Crippen LogP contribution in [-0.4, -0.2) is 36.5 Å². The molecule has 0 spiro atoms. The number of nitrogens with one attached hydrogen (secondary N) is 1. The average Bonchev–Trinajstić information content (AvgIpc) is 3.10. The van der Waals surface area contributed by atoms with Crippen molar-refractivity contribution in [1.82, 2.24) is 10.2 Å². The van der Waals surface area contributed by atoms with Crippen molar-refractivity contribution in [3.05, 3.63) is 35.6 Å². The van der Waals surface area contributed by atoms with E-state index in [0.29, 0.717) is 6.04 Å². The maximum Gasteiger partial charge on any atom is 0.230 e. The van der Waals surface area contributed by atoms with Crippen LogP contribution in [0.15, 0.2) is 24.3 Å². The zero-order valence-corrected chi connectivity index (χ0v) is 15.7. The van der Waals surface area contributed by atoms with Crippen LogP contribution < -0.4 is 5.32 Å². The molecule has 1 N–H and O–H groups in total. The molecule has 1 aromatic carbocycles. The summed E-state index contributed by atoms with van der Waals surface area (Å²) in [4.78, 5) is 15.6. The maximum atomic E-state index is 13.2. The molecule has 1 saturated heterocycles. The molecule has 1 aromatic rings. The molecule has 2 saturated carbocycles. The van der Waals surface area contributed by atoms with Gasteiger partial charge < -0.3 is 10.2 Å². The molecule has 0 unspecified atom stereocenters. The largest absolute Gasteiger partial charge is 0.353 e. The van der Waals surface area contributed by atoms with Gasteiger partial charge in [-0.25, -0.2) is 4.39 Å². The van der Waals surface area contributed by atoms with E-state index in [1.807, 2.05) is 0 Å². The van der Waals surface area contributed by atoms with Gasteiger partial charge in [-0.3, -0.25) is 4.79 Å². The maximum absolute atomic E-state index is 13.2. The molecule has 142 valence electrons. The molecule has 3 fully saturated rings. The molecular weight excluding hydrogens is 327 g/mol. The van der Waals surface area contributed by atoms with E-state index in [4.69, 9.17) is 0 Å². The number of rotatable bonds is 5. The monoisotopic (exact) mass is 358 g/mol. The van der Waals surface area contributed by atoms with Crippen LogP contribution in [-0.2, 0) is 10.2 Å². The highest BCUT2D eigenvalue weighted by molar-refractivity contribution is 5.89. The third-order valence-electron chi connectivity index (χ3n) is 6.95. The molecule has 4 heteroatoms. The lowest BCUT2D eigenvalue weighted by atomic mass is 9.63. The summed E-state index contributed by atoms with van der Waals surface area (Å²) < 4.78 is 13.2. The van der Waals surface area contributed by atoms with Gasteiger partial charge >= 0.3 is 0 Å². The number of piperidine rings is 1. The Kier molecular flexibility index (Phi) is 5.30. The Hall–Kier alpha value is -1.42. The summed E-state index contributed by atoms with van der Waals surface area (Å²) in [7, 11) is 0. The summed E-state index contributed by atoms with van der Waals surface area (Å²) in [6.07, 6.45) is 10.6. The summed E-state index contributed by atoms with van der Waals surface area (Å²) in [5, 5.41) is 3.33. The van der Waals surface area contributed by atoms with Crippen LogP contribution in [0, 0.1) is 11.7 Å². The Morgan fingerprint density at radius 3 is 2.27 bits per heavy atom. The lowest BCUT2D eigenvalue weighted by Gasteiger charge is -2.42. The van der Waals surface area contributed by atoms with Crippen molar-refractivity contribution in [2.24, 2.45) is 5.92 Å². The molecule has 0 atom stereocenters. The highest BCUT2D eigenvalue weighted by Gasteiger charge is 2.46. The molecule has 4 rings (SSSR count). The molecular formula is C22H31FN2O. The quantitative estimate of drug-likeness (QED) is 0.862. The number of amides is 1. The lowest BCUT2D eigenvalue weighted by Crippen LogP contribution is -2.54. The Morgan fingerprint density at radius 2 is 1.69 bits per heavy atom. The van der Waals surface area contributed by atoms with Crippen molar-refractivity contribution in [3.8, 4) is 0 Å². The first-order chi connectivity index (χ1) is 12.7. The van der Waals surface area contributed by atoms with Gasteiger partial charge in [0.2, 0.25) is 5.91 Å². The topological polar surface area (TPSA) is 32.3 Å². The van der Waals surface area contributed by atoms with Gasteiger partial charge in [-0.1, -0.05) is 31.4 Å². The molecule has 1 amide bonds. The van der Waals surface area contributed by atoms with E-state index in [-0.39, 0.29) is 11.7 Å². The molecule has 1 heterocycles. The van der Waals surface area contributed by atoms with Crippen molar-refractivity contribution in [2.45, 2.75) is 69.2 Å². The van der Waals surface area contributed by atoms with E-state index < -0.39 is 5.41 Å². The molecule has 0 bridgehead atoms. The van der Waals surface area contributed by atoms with Crippen LogP contribution in [0.25, 0.3) is 0 Å². The van der Waals surface area contributed by atoms with Crippen LogP contribution in [0.5, 0.6) is 0 Å². The predicted octanol–water partition coefficient (Wildman–Crippen LogP) is 4.02. The fourth-order valence-electron chi connectivity index (χ4n) is 5.09. The first-order valence-corrected chi connectivity index (χ1v) is 10.5. The van der Waals surface area contributed by atoms with E-state index in [9.17, 15) is 9.18 Å². The van der Waals surface area contributed by atoms with E-state index >= 15 is 0 Å². The zero-order chi connectivity index (χ0) is 18.0. The minimum Gasteiger partial charge on any atom is -0.353 e. The van der Waals surface area contributed by atoms with Crippen molar-refractivity contribution in [1.29, 1.82) is 0 Å². The number of likely N-dealkylation sites (tertiary alicyclic amines) is 1. The molecule has 3 aliphatic rings. The van der Waals surface area contributed by atoms with Crippen LogP contribution in [0.4, 0.5) is 4.39 Å². The lowest BCUT2D eigenvalue weighted by molar-refractivity contribution is -0.131. The Balaban J connectivity index is 1.31. The first kappa shape index (κ1) is 18.0. The second kappa shape index (κ2) is 7.67. The second-order valence-electron chi connectivity index (χ2n) is 8.64. The Labute approximate surface area is 156 Å². The number of carbonyl (C=O) groups excluding carboxylic acids is 1. The normalized spacial score (nSPS) is 24.3. The van der Waals surface area contributed by atoms with Gasteiger partial charge in [0, 0.05) is 25.7 Å². The Bertz CT molecular complexity index is 612. The van der Waals surface area contributed by atoms with E-state index in [1.54, 1.807) is 12.1 Å². The number of hydrogen-bond donors (Lipinski definition) is 1. The fourth-order valence-corrected chi connectivity index (χ4v) is 5.09. The van der Waals surface area contributed by atoms with Crippen molar-refractivity contribution in [3.63, 3.8) is 0 Å². The van der Waals surface area contributed by atoms with Gasteiger partial charge in [0.1, 0.15) is 5.82 Å². The van der Waals surface area contributed by atoms with Crippen LogP contribution in [0.3, 0.4) is 0 Å². The molecule has 2 aliphatic carbocycles. The smallest absolute Gasteiger partial charge is 0.230 e. The molecule has 3 nitrogen and oxygen atoms in total. The molecule has 0 radical (unpaired) electrons. The fraction of sp³-hybridized carbons (Fsp3) is 0.682. The first-order valence-electron chi connectivity index (χ1n) is 10.5. The van der Waals surface area contributed by atoms with Crippen molar-refractivity contribution < 1.29 is 9.18 Å².